The first-order valence-corrected chi connectivity index (χ1v) is 6.87. The summed E-state index contributed by atoms with van der Waals surface area (Å²) in [5.41, 5.74) is 1.16. The van der Waals surface area contributed by atoms with Gasteiger partial charge in [0.1, 0.15) is 12.3 Å². The van der Waals surface area contributed by atoms with E-state index in [4.69, 9.17) is 0 Å². The molecule has 0 aliphatic rings. The molecule has 9 heteroatoms. The smallest absolute Gasteiger partial charge is 0.406 e. The lowest BCUT2D eigenvalue weighted by molar-refractivity contribution is -0.274. The van der Waals surface area contributed by atoms with Crippen molar-refractivity contribution in [1.82, 2.24) is 9.78 Å². The van der Waals surface area contributed by atoms with Crippen molar-refractivity contribution in [2.45, 2.75) is 19.8 Å². The Labute approximate surface area is 132 Å². The third kappa shape index (κ3) is 4.48. The predicted octanol–water partition coefficient (Wildman–Crippen LogP) is 3.49. The zero-order valence-electron chi connectivity index (χ0n) is 11.3. The Kier molecular flexibility index (Phi) is 4.74. The summed E-state index contributed by atoms with van der Waals surface area (Å²) < 4.78 is 42.1. The third-order valence-corrected chi connectivity index (χ3v) is 3.49. The number of rotatable bonds is 4. The Morgan fingerprint density at radius 3 is 2.50 bits per heavy atom. The van der Waals surface area contributed by atoms with E-state index in [1.807, 2.05) is 0 Å². The molecule has 0 spiro atoms. The number of alkyl halides is 3. The lowest BCUT2D eigenvalue weighted by Gasteiger charge is -2.10. The van der Waals surface area contributed by atoms with Crippen LogP contribution in [0.25, 0.3) is 0 Å². The Balaban J connectivity index is 1.96. The second kappa shape index (κ2) is 6.39. The molecule has 2 aromatic rings. The second-order valence-electron chi connectivity index (χ2n) is 4.36. The van der Waals surface area contributed by atoms with E-state index in [2.05, 4.69) is 31.1 Å². The quantitative estimate of drug-likeness (QED) is 0.886. The zero-order valence-corrected chi connectivity index (χ0v) is 12.9. The molecule has 0 aliphatic heterocycles. The van der Waals surface area contributed by atoms with E-state index in [1.54, 1.807) is 13.1 Å². The molecule has 22 heavy (non-hydrogen) atoms. The molecule has 2 rings (SSSR count). The monoisotopic (exact) mass is 377 g/mol. The van der Waals surface area contributed by atoms with Crippen LogP contribution < -0.4 is 10.1 Å². The molecule has 1 amide bonds. The summed E-state index contributed by atoms with van der Waals surface area (Å²) in [5.74, 6) is -0.694. The van der Waals surface area contributed by atoms with Crippen molar-refractivity contribution in [3.05, 3.63) is 40.6 Å². The fourth-order valence-electron chi connectivity index (χ4n) is 1.66. The fourth-order valence-corrected chi connectivity index (χ4v) is 1.96. The van der Waals surface area contributed by atoms with Gasteiger partial charge in [0.2, 0.25) is 5.91 Å². The SMILES string of the molecule is Cc1c(Br)cnn1CC(=O)Nc1ccc(OC(F)(F)F)cc1. The molecule has 1 heterocycles. The molecule has 0 unspecified atom stereocenters. The number of halogens is 4. The van der Waals surface area contributed by atoms with Crippen molar-refractivity contribution in [3.63, 3.8) is 0 Å². The number of ether oxygens (including phenoxy) is 1. The number of carbonyl (C=O) groups excluding carboxylic acids is 1. The number of benzene rings is 1. The van der Waals surface area contributed by atoms with Gasteiger partial charge in [0, 0.05) is 5.69 Å². The van der Waals surface area contributed by atoms with E-state index in [-0.39, 0.29) is 18.2 Å². The summed E-state index contributed by atoms with van der Waals surface area (Å²) in [5, 5.41) is 6.58. The summed E-state index contributed by atoms with van der Waals surface area (Å²) in [6.45, 7) is 1.80. The number of anilines is 1. The average Bonchev–Trinajstić information content (AvgIpc) is 2.71. The van der Waals surface area contributed by atoms with Crippen molar-refractivity contribution in [2.24, 2.45) is 0 Å². The summed E-state index contributed by atoms with van der Waals surface area (Å²) in [6, 6.07) is 4.90. The van der Waals surface area contributed by atoms with Gasteiger partial charge in [-0.1, -0.05) is 0 Å². The normalized spacial score (nSPS) is 11.3. The number of carbonyl (C=O) groups is 1. The molecule has 118 valence electrons. The van der Waals surface area contributed by atoms with E-state index in [0.717, 1.165) is 22.3 Å². The molecule has 1 N–H and O–H groups in total. The average molecular weight is 378 g/mol. The lowest BCUT2D eigenvalue weighted by atomic mass is 10.3. The van der Waals surface area contributed by atoms with Gasteiger partial charge in [-0.3, -0.25) is 9.48 Å². The van der Waals surface area contributed by atoms with E-state index in [1.165, 1.54) is 16.8 Å². The van der Waals surface area contributed by atoms with Gasteiger partial charge in [0.25, 0.3) is 0 Å². The largest absolute Gasteiger partial charge is 0.573 e. The van der Waals surface area contributed by atoms with Crippen LogP contribution in [-0.2, 0) is 11.3 Å². The zero-order chi connectivity index (χ0) is 16.3. The molecule has 5 nitrogen and oxygen atoms in total. The van der Waals surface area contributed by atoms with Gasteiger partial charge in [-0.05, 0) is 47.1 Å². The molecule has 0 saturated carbocycles. The highest BCUT2D eigenvalue weighted by atomic mass is 79.9. The van der Waals surface area contributed by atoms with E-state index in [9.17, 15) is 18.0 Å². The van der Waals surface area contributed by atoms with E-state index in [0.29, 0.717) is 5.69 Å². The Morgan fingerprint density at radius 2 is 2.00 bits per heavy atom. The van der Waals surface area contributed by atoms with Gasteiger partial charge >= 0.3 is 6.36 Å². The maximum Gasteiger partial charge on any atom is 0.573 e. The topological polar surface area (TPSA) is 56.2 Å². The van der Waals surface area contributed by atoms with Crippen LogP contribution in [0.4, 0.5) is 18.9 Å². The van der Waals surface area contributed by atoms with Crippen LogP contribution in [0, 0.1) is 6.92 Å². The number of aromatic nitrogens is 2. The van der Waals surface area contributed by atoms with Crippen LogP contribution in [0.3, 0.4) is 0 Å². The molecule has 0 aliphatic carbocycles. The second-order valence-corrected chi connectivity index (χ2v) is 5.21. The van der Waals surface area contributed by atoms with Gasteiger partial charge in [-0.25, -0.2) is 0 Å². The van der Waals surface area contributed by atoms with Crippen molar-refractivity contribution in [2.75, 3.05) is 5.32 Å². The van der Waals surface area contributed by atoms with Gasteiger partial charge in [0.05, 0.1) is 16.4 Å². The number of hydrogen-bond acceptors (Lipinski definition) is 3. The Hall–Kier alpha value is -2.03. The van der Waals surface area contributed by atoms with Crippen LogP contribution in [0.2, 0.25) is 0 Å². The van der Waals surface area contributed by atoms with Crippen molar-refractivity contribution in [1.29, 1.82) is 0 Å². The Morgan fingerprint density at radius 1 is 1.36 bits per heavy atom. The maximum absolute atomic E-state index is 12.0. The molecule has 0 bridgehead atoms. The maximum atomic E-state index is 12.0. The van der Waals surface area contributed by atoms with Gasteiger partial charge in [-0.15, -0.1) is 13.2 Å². The molecule has 0 fully saturated rings. The minimum absolute atomic E-state index is 0.00175. The molecule has 0 saturated heterocycles. The first-order valence-electron chi connectivity index (χ1n) is 6.08. The van der Waals surface area contributed by atoms with Crippen molar-refractivity contribution in [3.8, 4) is 5.75 Å². The first-order chi connectivity index (χ1) is 10.2. The summed E-state index contributed by atoms with van der Waals surface area (Å²) in [6.07, 6.45) is -3.17. The van der Waals surface area contributed by atoms with Crippen LogP contribution in [0.1, 0.15) is 5.69 Å². The first kappa shape index (κ1) is 16.3. The van der Waals surface area contributed by atoms with E-state index < -0.39 is 6.36 Å². The van der Waals surface area contributed by atoms with Crippen molar-refractivity contribution >= 4 is 27.5 Å². The minimum atomic E-state index is -4.74. The third-order valence-electron chi connectivity index (χ3n) is 2.71. The van der Waals surface area contributed by atoms with Crippen LogP contribution in [0.5, 0.6) is 5.75 Å². The standard InChI is InChI=1S/C13H11BrF3N3O2/c1-8-11(14)6-18-20(8)7-12(21)19-9-2-4-10(5-3-9)22-13(15,16)17/h2-6H,7H2,1H3,(H,19,21). The van der Waals surface area contributed by atoms with Crippen molar-refractivity contribution < 1.29 is 22.7 Å². The molecule has 0 radical (unpaired) electrons. The van der Waals surface area contributed by atoms with Crippen LogP contribution >= 0.6 is 15.9 Å². The molecule has 0 atom stereocenters. The number of nitrogens with one attached hydrogen (secondary N) is 1. The number of nitrogens with zero attached hydrogens (tertiary/aromatic N) is 2. The summed E-state index contributed by atoms with van der Waals surface area (Å²) in [4.78, 5) is 11.9. The lowest BCUT2D eigenvalue weighted by Crippen LogP contribution is -2.20. The highest BCUT2D eigenvalue weighted by Gasteiger charge is 2.30. The van der Waals surface area contributed by atoms with Crippen LogP contribution in [0.15, 0.2) is 34.9 Å². The predicted molar refractivity (Wildman–Crippen MR) is 76.4 cm³/mol. The highest BCUT2D eigenvalue weighted by Crippen LogP contribution is 2.24. The van der Waals surface area contributed by atoms with Gasteiger partial charge < -0.3 is 10.1 Å². The fraction of sp³-hybridized carbons (Fsp3) is 0.231. The number of amides is 1. The minimum Gasteiger partial charge on any atom is -0.406 e. The van der Waals surface area contributed by atoms with Gasteiger partial charge in [-0.2, -0.15) is 5.10 Å². The molecular formula is C13H11BrF3N3O2. The molecule has 1 aromatic heterocycles. The summed E-state index contributed by atoms with van der Waals surface area (Å²) in [7, 11) is 0. The number of hydrogen-bond donors (Lipinski definition) is 1. The molecular weight excluding hydrogens is 367 g/mol. The Bertz CT molecular complexity index is 668. The summed E-state index contributed by atoms with van der Waals surface area (Å²) >= 11 is 3.28. The van der Waals surface area contributed by atoms with Crippen LogP contribution in [-0.4, -0.2) is 22.1 Å². The van der Waals surface area contributed by atoms with Gasteiger partial charge in [0.15, 0.2) is 0 Å². The highest BCUT2D eigenvalue weighted by molar-refractivity contribution is 9.10. The molecule has 1 aromatic carbocycles. The van der Waals surface area contributed by atoms with E-state index >= 15 is 0 Å².